The second kappa shape index (κ2) is 5.96. The third-order valence-electron chi connectivity index (χ3n) is 2.28. The quantitative estimate of drug-likeness (QED) is 0.831. The van der Waals surface area contributed by atoms with Gasteiger partial charge in [0.1, 0.15) is 0 Å². The van der Waals surface area contributed by atoms with Gasteiger partial charge < -0.3 is 11.1 Å². The van der Waals surface area contributed by atoms with Gasteiger partial charge in [-0.3, -0.25) is 4.79 Å². The summed E-state index contributed by atoms with van der Waals surface area (Å²) < 4.78 is 0. The smallest absolute Gasteiger partial charge is 0.243 e. The van der Waals surface area contributed by atoms with Crippen LogP contribution >= 0.6 is 11.3 Å². The average Bonchev–Trinajstić information content (AvgIpc) is 2.66. The molecule has 5 heteroatoms. The van der Waals surface area contributed by atoms with E-state index < -0.39 is 6.04 Å². The molecule has 1 rings (SSSR count). The van der Waals surface area contributed by atoms with Gasteiger partial charge in [0, 0.05) is 5.38 Å². The van der Waals surface area contributed by atoms with Crippen molar-refractivity contribution < 1.29 is 4.79 Å². The molecule has 1 aromatic rings. The molecule has 1 amide bonds. The summed E-state index contributed by atoms with van der Waals surface area (Å²) in [6.07, 6.45) is 1.61. The molecule has 16 heavy (non-hydrogen) atoms. The number of rotatable bonds is 5. The summed E-state index contributed by atoms with van der Waals surface area (Å²) in [5.41, 5.74) is 6.71. The van der Waals surface area contributed by atoms with E-state index in [0.717, 1.165) is 12.1 Å². The highest BCUT2D eigenvalue weighted by atomic mass is 32.1. The molecule has 1 heterocycles. The molecular weight excluding hydrogens is 222 g/mol. The predicted octanol–water partition coefficient (Wildman–Crippen LogP) is 2.33. The molecule has 0 aliphatic heterocycles. The van der Waals surface area contributed by atoms with E-state index in [2.05, 4.69) is 24.1 Å². The number of thiazole rings is 1. The van der Waals surface area contributed by atoms with Crippen LogP contribution in [0, 0.1) is 0 Å². The van der Waals surface area contributed by atoms with Crippen molar-refractivity contribution in [2.75, 3.05) is 5.32 Å². The summed E-state index contributed by atoms with van der Waals surface area (Å²) in [5, 5.41) is 5.35. The predicted molar refractivity (Wildman–Crippen MR) is 67.7 cm³/mol. The van der Waals surface area contributed by atoms with Gasteiger partial charge in [0.15, 0.2) is 5.13 Å². The molecular formula is C11H19N3OS. The van der Waals surface area contributed by atoms with E-state index in [1.165, 1.54) is 11.3 Å². The van der Waals surface area contributed by atoms with E-state index >= 15 is 0 Å². The number of nitrogens with zero attached hydrogens (tertiary/aromatic N) is 1. The second-order valence-corrected chi connectivity index (χ2v) is 4.97. The molecule has 0 aliphatic rings. The SMILES string of the molecule is CCCC(N)C(=O)Nc1nc(C(C)C)cs1. The average molecular weight is 241 g/mol. The minimum absolute atomic E-state index is 0.147. The number of carbonyl (C=O) groups is 1. The Kier molecular flexibility index (Phi) is 4.89. The first-order valence-electron chi connectivity index (χ1n) is 5.56. The number of nitrogens with two attached hydrogens (primary N) is 1. The molecule has 0 spiro atoms. The fraction of sp³-hybridized carbons (Fsp3) is 0.636. The summed E-state index contributed by atoms with van der Waals surface area (Å²) in [7, 11) is 0. The van der Waals surface area contributed by atoms with Crippen LogP contribution in [0.1, 0.15) is 45.2 Å². The molecule has 1 unspecified atom stereocenters. The molecule has 0 aliphatic carbocycles. The van der Waals surface area contributed by atoms with Crippen molar-refractivity contribution in [2.45, 2.75) is 45.6 Å². The molecule has 1 aromatic heterocycles. The van der Waals surface area contributed by atoms with Crippen LogP contribution in [0.5, 0.6) is 0 Å². The molecule has 0 bridgehead atoms. The van der Waals surface area contributed by atoms with Gasteiger partial charge in [0.2, 0.25) is 5.91 Å². The Labute approximate surface area is 100 Å². The Balaban J connectivity index is 2.56. The molecule has 0 saturated heterocycles. The Morgan fingerprint density at radius 3 is 2.81 bits per heavy atom. The molecule has 0 radical (unpaired) electrons. The number of hydrogen-bond donors (Lipinski definition) is 2. The van der Waals surface area contributed by atoms with Crippen LogP contribution in [-0.4, -0.2) is 16.9 Å². The minimum Gasteiger partial charge on any atom is -0.320 e. The third kappa shape index (κ3) is 3.57. The lowest BCUT2D eigenvalue weighted by atomic mass is 10.2. The standard InChI is InChI=1S/C11H19N3OS/c1-4-5-8(12)10(15)14-11-13-9(6-16-11)7(2)3/h6-8H,4-5,12H2,1-3H3,(H,13,14,15). The highest BCUT2D eigenvalue weighted by molar-refractivity contribution is 7.13. The van der Waals surface area contributed by atoms with Crippen molar-refractivity contribution in [3.63, 3.8) is 0 Å². The maximum atomic E-state index is 11.6. The fourth-order valence-electron chi connectivity index (χ4n) is 1.25. The fourth-order valence-corrected chi connectivity index (χ4v) is 2.12. The lowest BCUT2D eigenvalue weighted by molar-refractivity contribution is -0.117. The van der Waals surface area contributed by atoms with Gasteiger partial charge in [0.05, 0.1) is 11.7 Å². The molecule has 4 nitrogen and oxygen atoms in total. The molecule has 0 aromatic carbocycles. The lowest BCUT2D eigenvalue weighted by Gasteiger charge is -2.08. The minimum atomic E-state index is -0.434. The van der Waals surface area contributed by atoms with Gasteiger partial charge in [-0.1, -0.05) is 27.2 Å². The van der Waals surface area contributed by atoms with Crippen molar-refractivity contribution in [1.29, 1.82) is 0 Å². The van der Waals surface area contributed by atoms with Gasteiger partial charge in [-0.15, -0.1) is 11.3 Å². The number of carbonyl (C=O) groups excluding carboxylic acids is 1. The van der Waals surface area contributed by atoms with Gasteiger partial charge in [0.25, 0.3) is 0 Å². The van der Waals surface area contributed by atoms with E-state index in [1.807, 2.05) is 12.3 Å². The first kappa shape index (κ1) is 13.1. The monoisotopic (exact) mass is 241 g/mol. The summed E-state index contributed by atoms with van der Waals surface area (Å²) in [6, 6.07) is -0.434. The van der Waals surface area contributed by atoms with E-state index in [-0.39, 0.29) is 5.91 Å². The number of amides is 1. The zero-order valence-corrected chi connectivity index (χ0v) is 10.8. The van der Waals surface area contributed by atoms with E-state index in [9.17, 15) is 4.79 Å². The van der Waals surface area contributed by atoms with Crippen molar-refractivity contribution in [1.82, 2.24) is 4.98 Å². The maximum absolute atomic E-state index is 11.6. The van der Waals surface area contributed by atoms with Crippen LogP contribution in [0.25, 0.3) is 0 Å². The largest absolute Gasteiger partial charge is 0.320 e. The van der Waals surface area contributed by atoms with Crippen molar-refractivity contribution in [2.24, 2.45) is 5.73 Å². The van der Waals surface area contributed by atoms with E-state index in [0.29, 0.717) is 17.5 Å². The topological polar surface area (TPSA) is 68.0 Å². The van der Waals surface area contributed by atoms with E-state index in [4.69, 9.17) is 5.73 Å². The molecule has 1 atom stereocenters. The zero-order chi connectivity index (χ0) is 12.1. The molecule has 0 saturated carbocycles. The van der Waals surface area contributed by atoms with Crippen molar-refractivity contribution >= 4 is 22.4 Å². The number of anilines is 1. The van der Waals surface area contributed by atoms with Crippen LogP contribution in [-0.2, 0) is 4.79 Å². The first-order valence-corrected chi connectivity index (χ1v) is 6.44. The Morgan fingerprint density at radius 2 is 2.31 bits per heavy atom. The normalized spacial score (nSPS) is 12.8. The Bertz CT molecular complexity index is 349. The number of hydrogen-bond acceptors (Lipinski definition) is 4. The molecule has 3 N–H and O–H groups in total. The van der Waals surface area contributed by atoms with Gasteiger partial charge in [-0.05, 0) is 12.3 Å². The lowest BCUT2D eigenvalue weighted by Crippen LogP contribution is -2.35. The first-order chi connectivity index (χ1) is 7.54. The van der Waals surface area contributed by atoms with Crippen molar-refractivity contribution in [3.8, 4) is 0 Å². The summed E-state index contributed by atoms with van der Waals surface area (Å²) in [4.78, 5) is 15.9. The van der Waals surface area contributed by atoms with Gasteiger partial charge >= 0.3 is 0 Å². The van der Waals surface area contributed by atoms with Gasteiger partial charge in [-0.2, -0.15) is 0 Å². The summed E-state index contributed by atoms with van der Waals surface area (Å²) in [5.74, 6) is 0.234. The maximum Gasteiger partial charge on any atom is 0.243 e. The van der Waals surface area contributed by atoms with Crippen LogP contribution < -0.4 is 11.1 Å². The highest BCUT2D eigenvalue weighted by Gasteiger charge is 2.14. The van der Waals surface area contributed by atoms with Crippen LogP contribution in [0.3, 0.4) is 0 Å². The Hall–Kier alpha value is -0.940. The van der Waals surface area contributed by atoms with Crippen molar-refractivity contribution in [3.05, 3.63) is 11.1 Å². The van der Waals surface area contributed by atoms with Crippen LogP contribution in [0.4, 0.5) is 5.13 Å². The second-order valence-electron chi connectivity index (χ2n) is 4.12. The third-order valence-corrected chi connectivity index (χ3v) is 3.06. The van der Waals surface area contributed by atoms with Gasteiger partial charge in [-0.25, -0.2) is 4.98 Å². The highest BCUT2D eigenvalue weighted by Crippen LogP contribution is 2.21. The van der Waals surface area contributed by atoms with Crippen LogP contribution in [0.15, 0.2) is 5.38 Å². The summed E-state index contributed by atoms with van der Waals surface area (Å²) in [6.45, 7) is 6.15. The molecule has 90 valence electrons. The molecule has 0 fully saturated rings. The summed E-state index contributed by atoms with van der Waals surface area (Å²) >= 11 is 1.44. The number of nitrogens with one attached hydrogen (secondary N) is 1. The Morgan fingerprint density at radius 1 is 1.62 bits per heavy atom. The number of aromatic nitrogens is 1. The zero-order valence-electron chi connectivity index (χ0n) is 9.99. The van der Waals surface area contributed by atoms with E-state index in [1.54, 1.807) is 0 Å². The van der Waals surface area contributed by atoms with Crippen LogP contribution in [0.2, 0.25) is 0 Å².